The average Bonchev–Trinajstić information content (AvgIpc) is 2.46. The van der Waals surface area contributed by atoms with Gasteiger partial charge >= 0.3 is 6.03 Å². The Morgan fingerprint density at radius 2 is 2.05 bits per heavy atom. The summed E-state index contributed by atoms with van der Waals surface area (Å²) in [5, 5.41) is 3.09. The SMILES string of the molecule is CC(C)N1CCCC(CNC(=O)N2CCOCC2)C1. The number of carbonyl (C=O) groups excluding carboxylic acids is 1. The number of amides is 2. The number of likely N-dealkylation sites (tertiary alicyclic amines) is 1. The van der Waals surface area contributed by atoms with Crippen molar-refractivity contribution in [2.24, 2.45) is 5.92 Å². The molecule has 0 saturated carbocycles. The molecule has 0 bridgehead atoms. The van der Waals surface area contributed by atoms with Crippen LogP contribution in [0.4, 0.5) is 4.79 Å². The second kappa shape index (κ2) is 7.10. The zero-order valence-electron chi connectivity index (χ0n) is 12.2. The van der Waals surface area contributed by atoms with E-state index in [1.807, 2.05) is 4.90 Å². The first-order valence-electron chi connectivity index (χ1n) is 7.51. The van der Waals surface area contributed by atoms with Gasteiger partial charge in [-0.1, -0.05) is 0 Å². The smallest absolute Gasteiger partial charge is 0.317 e. The molecule has 2 aliphatic rings. The average molecular weight is 269 g/mol. The Balaban J connectivity index is 1.70. The van der Waals surface area contributed by atoms with E-state index in [4.69, 9.17) is 4.74 Å². The third kappa shape index (κ3) is 4.35. The lowest BCUT2D eigenvalue weighted by Gasteiger charge is -2.36. The van der Waals surface area contributed by atoms with E-state index in [1.54, 1.807) is 0 Å². The van der Waals surface area contributed by atoms with Gasteiger partial charge in [0.1, 0.15) is 0 Å². The lowest BCUT2D eigenvalue weighted by atomic mass is 9.97. The van der Waals surface area contributed by atoms with Gasteiger partial charge in [-0.05, 0) is 39.2 Å². The lowest BCUT2D eigenvalue weighted by Crippen LogP contribution is -2.49. The van der Waals surface area contributed by atoms with Crippen molar-refractivity contribution in [3.63, 3.8) is 0 Å². The fourth-order valence-corrected chi connectivity index (χ4v) is 2.84. The highest BCUT2D eigenvalue weighted by Crippen LogP contribution is 2.17. The molecule has 110 valence electrons. The minimum absolute atomic E-state index is 0.0740. The maximum Gasteiger partial charge on any atom is 0.317 e. The number of nitrogens with zero attached hydrogens (tertiary/aromatic N) is 2. The number of nitrogens with one attached hydrogen (secondary N) is 1. The van der Waals surface area contributed by atoms with E-state index in [0.717, 1.165) is 13.1 Å². The molecule has 2 amide bonds. The van der Waals surface area contributed by atoms with Crippen LogP contribution in [0.3, 0.4) is 0 Å². The predicted octanol–water partition coefficient (Wildman–Crippen LogP) is 1.15. The van der Waals surface area contributed by atoms with E-state index in [1.165, 1.54) is 19.4 Å². The summed E-state index contributed by atoms with van der Waals surface area (Å²) in [6.45, 7) is 10.4. The van der Waals surface area contributed by atoms with Gasteiger partial charge in [0.15, 0.2) is 0 Å². The van der Waals surface area contributed by atoms with Gasteiger partial charge in [-0.15, -0.1) is 0 Å². The van der Waals surface area contributed by atoms with E-state index in [0.29, 0.717) is 38.3 Å². The maximum atomic E-state index is 12.0. The summed E-state index contributed by atoms with van der Waals surface area (Å²) < 4.78 is 5.26. The Labute approximate surface area is 116 Å². The molecule has 0 aromatic heterocycles. The van der Waals surface area contributed by atoms with E-state index in [9.17, 15) is 4.79 Å². The van der Waals surface area contributed by atoms with Crippen LogP contribution in [0.15, 0.2) is 0 Å². The van der Waals surface area contributed by atoms with Crippen molar-refractivity contribution < 1.29 is 9.53 Å². The number of piperidine rings is 1. The molecular weight excluding hydrogens is 242 g/mol. The standard InChI is InChI=1S/C14H27N3O2/c1-12(2)17-5-3-4-13(11-17)10-15-14(18)16-6-8-19-9-7-16/h12-13H,3-11H2,1-2H3,(H,15,18). The van der Waals surface area contributed by atoms with Gasteiger partial charge in [0.25, 0.3) is 0 Å². The normalized spacial score (nSPS) is 25.6. The molecule has 1 atom stereocenters. The lowest BCUT2D eigenvalue weighted by molar-refractivity contribution is 0.0524. The second-order valence-electron chi connectivity index (χ2n) is 5.88. The van der Waals surface area contributed by atoms with Crippen LogP contribution in [0.1, 0.15) is 26.7 Å². The van der Waals surface area contributed by atoms with Crippen molar-refractivity contribution in [1.82, 2.24) is 15.1 Å². The molecule has 1 unspecified atom stereocenters. The first-order valence-corrected chi connectivity index (χ1v) is 7.51. The van der Waals surface area contributed by atoms with Crippen molar-refractivity contribution >= 4 is 6.03 Å². The number of morpholine rings is 1. The van der Waals surface area contributed by atoms with Crippen LogP contribution < -0.4 is 5.32 Å². The highest BCUT2D eigenvalue weighted by atomic mass is 16.5. The van der Waals surface area contributed by atoms with E-state index >= 15 is 0 Å². The zero-order chi connectivity index (χ0) is 13.7. The molecule has 0 radical (unpaired) electrons. The van der Waals surface area contributed by atoms with E-state index in [2.05, 4.69) is 24.1 Å². The summed E-state index contributed by atoms with van der Waals surface area (Å²) in [6.07, 6.45) is 2.48. The predicted molar refractivity (Wildman–Crippen MR) is 75.2 cm³/mol. The number of ether oxygens (including phenoxy) is 1. The monoisotopic (exact) mass is 269 g/mol. The van der Waals surface area contributed by atoms with E-state index in [-0.39, 0.29) is 6.03 Å². The third-order valence-electron chi connectivity index (χ3n) is 4.12. The first-order chi connectivity index (χ1) is 9.16. The van der Waals surface area contributed by atoms with Gasteiger partial charge < -0.3 is 19.9 Å². The van der Waals surface area contributed by atoms with Crippen molar-refractivity contribution in [2.75, 3.05) is 45.9 Å². The van der Waals surface area contributed by atoms with Gasteiger partial charge in [0.2, 0.25) is 0 Å². The summed E-state index contributed by atoms with van der Waals surface area (Å²) in [4.78, 5) is 16.4. The number of carbonyl (C=O) groups is 1. The van der Waals surface area contributed by atoms with Gasteiger partial charge in [-0.3, -0.25) is 0 Å². The molecule has 2 fully saturated rings. The van der Waals surface area contributed by atoms with Crippen LogP contribution in [0.2, 0.25) is 0 Å². The Morgan fingerprint density at radius 1 is 1.32 bits per heavy atom. The molecule has 1 N–H and O–H groups in total. The molecule has 2 saturated heterocycles. The first kappa shape index (κ1) is 14.6. The van der Waals surface area contributed by atoms with Gasteiger partial charge in [-0.2, -0.15) is 0 Å². The van der Waals surface area contributed by atoms with Gasteiger partial charge in [0, 0.05) is 32.2 Å². The Bertz CT molecular complexity index is 290. The summed E-state index contributed by atoms with van der Waals surface area (Å²) in [6, 6.07) is 0.683. The van der Waals surface area contributed by atoms with Gasteiger partial charge in [-0.25, -0.2) is 4.79 Å². The second-order valence-corrected chi connectivity index (χ2v) is 5.88. The molecule has 0 aromatic carbocycles. The van der Waals surface area contributed by atoms with Crippen LogP contribution in [-0.4, -0.2) is 67.8 Å². The maximum absolute atomic E-state index is 12.0. The molecule has 0 aromatic rings. The van der Waals surface area contributed by atoms with Crippen LogP contribution in [0.25, 0.3) is 0 Å². The number of urea groups is 1. The molecular formula is C14H27N3O2. The molecule has 5 nitrogen and oxygen atoms in total. The van der Waals surface area contributed by atoms with Crippen molar-refractivity contribution in [2.45, 2.75) is 32.7 Å². The summed E-state index contributed by atoms with van der Waals surface area (Å²) in [5.74, 6) is 0.598. The number of hydrogen-bond donors (Lipinski definition) is 1. The van der Waals surface area contributed by atoms with Crippen molar-refractivity contribution in [3.8, 4) is 0 Å². The molecule has 2 rings (SSSR count). The van der Waals surface area contributed by atoms with Gasteiger partial charge in [0.05, 0.1) is 13.2 Å². The molecule has 2 heterocycles. The minimum atomic E-state index is 0.0740. The van der Waals surface area contributed by atoms with Crippen LogP contribution in [-0.2, 0) is 4.74 Å². The quantitative estimate of drug-likeness (QED) is 0.836. The largest absolute Gasteiger partial charge is 0.378 e. The molecule has 19 heavy (non-hydrogen) atoms. The van der Waals surface area contributed by atoms with Crippen molar-refractivity contribution in [3.05, 3.63) is 0 Å². The Morgan fingerprint density at radius 3 is 2.74 bits per heavy atom. The topological polar surface area (TPSA) is 44.8 Å². The Kier molecular flexibility index (Phi) is 5.45. The summed E-state index contributed by atoms with van der Waals surface area (Å²) >= 11 is 0. The molecule has 0 spiro atoms. The number of rotatable bonds is 3. The third-order valence-corrected chi connectivity index (χ3v) is 4.12. The zero-order valence-corrected chi connectivity index (χ0v) is 12.2. The minimum Gasteiger partial charge on any atom is -0.378 e. The summed E-state index contributed by atoms with van der Waals surface area (Å²) in [5.41, 5.74) is 0. The number of hydrogen-bond acceptors (Lipinski definition) is 3. The fourth-order valence-electron chi connectivity index (χ4n) is 2.84. The summed E-state index contributed by atoms with van der Waals surface area (Å²) in [7, 11) is 0. The van der Waals surface area contributed by atoms with Crippen LogP contribution >= 0.6 is 0 Å². The van der Waals surface area contributed by atoms with Crippen LogP contribution in [0, 0.1) is 5.92 Å². The Hall–Kier alpha value is -0.810. The van der Waals surface area contributed by atoms with Crippen molar-refractivity contribution in [1.29, 1.82) is 0 Å². The fraction of sp³-hybridized carbons (Fsp3) is 0.929. The highest BCUT2D eigenvalue weighted by Gasteiger charge is 2.23. The molecule has 0 aliphatic carbocycles. The highest BCUT2D eigenvalue weighted by molar-refractivity contribution is 5.74. The van der Waals surface area contributed by atoms with E-state index < -0.39 is 0 Å². The van der Waals surface area contributed by atoms with Crippen LogP contribution in [0.5, 0.6) is 0 Å². The molecule has 2 aliphatic heterocycles. The molecule has 5 heteroatoms.